The number of sulfonamides is 1. The molecule has 204 valence electrons. The third kappa shape index (κ3) is 8.01. The quantitative estimate of drug-likeness (QED) is 0.396. The number of hydrogen-bond acceptors (Lipinski definition) is 7. The second-order valence-corrected chi connectivity index (χ2v) is 10.3. The zero-order chi connectivity index (χ0) is 27.6. The molecule has 0 aliphatic rings. The molecular formula is C26H37N3O7S. The van der Waals surface area contributed by atoms with Crippen molar-refractivity contribution in [3.05, 3.63) is 48.0 Å². The molecule has 37 heavy (non-hydrogen) atoms. The van der Waals surface area contributed by atoms with Gasteiger partial charge in [0.25, 0.3) is 0 Å². The van der Waals surface area contributed by atoms with Crippen LogP contribution < -0.4 is 23.8 Å². The summed E-state index contributed by atoms with van der Waals surface area (Å²) in [5, 5.41) is 2.85. The Hall–Kier alpha value is -3.47. The highest BCUT2D eigenvalue weighted by molar-refractivity contribution is 7.92. The highest BCUT2D eigenvalue weighted by atomic mass is 32.2. The second kappa shape index (κ2) is 13.7. The van der Waals surface area contributed by atoms with E-state index in [1.807, 2.05) is 19.9 Å². The van der Waals surface area contributed by atoms with Crippen LogP contribution in [0.5, 0.6) is 17.2 Å². The molecule has 0 aliphatic heterocycles. The molecule has 0 saturated heterocycles. The van der Waals surface area contributed by atoms with Crippen molar-refractivity contribution in [3.8, 4) is 17.2 Å². The smallest absolute Gasteiger partial charge is 0.244 e. The number of ether oxygens (including phenoxy) is 3. The van der Waals surface area contributed by atoms with Crippen molar-refractivity contribution in [3.63, 3.8) is 0 Å². The molecule has 2 aromatic rings. The number of carbonyl (C=O) groups excluding carboxylic acids is 2. The summed E-state index contributed by atoms with van der Waals surface area (Å²) in [6, 6.07) is 11.0. The highest BCUT2D eigenvalue weighted by Gasteiger charge is 2.32. The Morgan fingerprint density at radius 1 is 0.973 bits per heavy atom. The molecule has 0 radical (unpaired) electrons. The van der Waals surface area contributed by atoms with Gasteiger partial charge in [-0.1, -0.05) is 26.0 Å². The molecule has 0 saturated carbocycles. The first kappa shape index (κ1) is 29.8. The van der Waals surface area contributed by atoms with E-state index in [1.165, 1.54) is 31.3 Å². The van der Waals surface area contributed by atoms with Crippen LogP contribution in [0, 0.1) is 0 Å². The predicted octanol–water partition coefficient (Wildman–Crippen LogP) is 2.81. The molecule has 0 fully saturated rings. The van der Waals surface area contributed by atoms with Gasteiger partial charge in [0.1, 0.15) is 18.3 Å². The molecule has 0 aromatic heterocycles. The van der Waals surface area contributed by atoms with Crippen LogP contribution >= 0.6 is 0 Å². The Morgan fingerprint density at radius 3 is 2.24 bits per heavy atom. The summed E-state index contributed by atoms with van der Waals surface area (Å²) in [5.74, 6) is 0.527. The Bertz CT molecular complexity index is 1170. The minimum absolute atomic E-state index is 0.0949. The maximum absolute atomic E-state index is 13.7. The van der Waals surface area contributed by atoms with Gasteiger partial charge in [-0.3, -0.25) is 13.9 Å². The van der Waals surface area contributed by atoms with Crippen LogP contribution in [0.3, 0.4) is 0 Å². The zero-order valence-electron chi connectivity index (χ0n) is 22.3. The molecule has 2 amide bonds. The molecule has 11 heteroatoms. The lowest BCUT2D eigenvalue weighted by Crippen LogP contribution is -2.52. The first-order valence-electron chi connectivity index (χ1n) is 12.0. The zero-order valence-corrected chi connectivity index (χ0v) is 23.1. The standard InChI is InChI=1S/C26H37N3O7S/c1-7-14-27-26(31)22(8-2)28(17-19-10-9-11-21(15-19)34-3)25(30)18-29(37(6,32)33)20-12-13-23(35-4)24(16-20)36-5/h9-13,15-16,22H,7-8,14,17-18H2,1-6H3,(H,27,31)/t22-/m1/s1. The number of carbonyl (C=O) groups is 2. The summed E-state index contributed by atoms with van der Waals surface area (Å²) in [6.45, 7) is 3.81. The van der Waals surface area contributed by atoms with Crippen LogP contribution in [0.2, 0.25) is 0 Å². The normalized spacial score (nSPS) is 11.8. The van der Waals surface area contributed by atoms with Crippen molar-refractivity contribution in [2.75, 3.05) is 45.0 Å². The molecule has 1 atom stereocenters. The van der Waals surface area contributed by atoms with E-state index >= 15 is 0 Å². The van der Waals surface area contributed by atoms with Crippen LogP contribution in [0.15, 0.2) is 42.5 Å². The SMILES string of the molecule is CCCNC(=O)[C@@H](CC)N(Cc1cccc(OC)c1)C(=O)CN(c1ccc(OC)c(OC)c1)S(C)(=O)=O. The summed E-state index contributed by atoms with van der Waals surface area (Å²) >= 11 is 0. The number of methoxy groups -OCH3 is 3. The van der Waals surface area contributed by atoms with Crippen LogP contribution in [0.25, 0.3) is 0 Å². The average molecular weight is 536 g/mol. The molecule has 1 N–H and O–H groups in total. The molecule has 2 rings (SSSR count). The van der Waals surface area contributed by atoms with Gasteiger partial charge >= 0.3 is 0 Å². The third-order valence-corrected chi connectivity index (χ3v) is 6.90. The summed E-state index contributed by atoms with van der Waals surface area (Å²) in [6.07, 6.45) is 2.11. The molecule has 2 aromatic carbocycles. The molecule has 0 heterocycles. The van der Waals surface area contributed by atoms with Gasteiger partial charge in [-0.15, -0.1) is 0 Å². The van der Waals surface area contributed by atoms with E-state index in [9.17, 15) is 18.0 Å². The van der Waals surface area contributed by atoms with Gasteiger partial charge in [0.2, 0.25) is 21.8 Å². The summed E-state index contributed by atoms with van der Waals surface area (Å²) < 4.78 is 42.4. The minimum Gasteiger partial charge on any atom is -0.497 e. The Morgan fingerprint density at radius 2 is 1.68 bits per heavy atom. The van der Waals surface area contributed by atoms with Gasteiger partial charge in [-0.05, 0) is 42.7 Å². The molecule has 0 bridgehead atoms. The van der Waals surface area contributed by atoms with Crippen LogP contribution in [-0.2, 0) is 26.2 Å². The van der Waals surface area contributed by atoms with E-state index in [0.29, 0.717) is 30.2 Å². The first-order chi connectivity index (χ1) is 17.6. The van der Waals surface area contributed by atoms with Crippen molar-refractivity contribution in [2.24, 2.45) is 0 Å². The van der Waals surface area contributed by atoms with Crippen molar-refractivity contribution < 1.29 is 32.2 Å². The van der Waals surface area contributed by atoms with E-state index in [1.54, 1.807) is 31.4 Å². The largest absolute Gasteiger partial charge is 0.497 e. The van der Waals surface area contributed by atoms with E-state index in [4.69, 9.17) is 14.2 Å². The lowest BCUT2D eigenvalue weighted by molar-refractivity contribution is -0.140. The lowest BCUT2D eigenvalue weighted by Gasteiger charge is -2.33. The third-order valence-electron chi connectivity index (χ3n) is 5.76. The van der Waals surface area contributed by atoms with Gasteiger partial charge in [0.05, 0.1) is 33.3 Å². The molecule has 0 unspecified atom stereocenters. The number of nitrogens with zero attached hydrogens (tertiary/aromatic N) is 2. The van der Waals surface area contributed by atoms with E-state index in [0.717, 1.165) is 22.5 Å². The minimum atomic E-state index is -3.87. The van der Waals surface area contributed by atoms with Crippen LogP contribution in [-0.4, -0.2) is 71.8 Å². The molecular weight excluding hydrogens is 498 g/mol. The number of amides is 2. The maximum Gasteiger partial charge on any atom is 0.244 e. The fraction of sp³-hybridized carbons (Fsp3) is 0.462. The van der Waals surface area contributed by atoms with Crippen molar-refractivity contribution in [2.45, 2.75) is 39.3 Å². The topological polar surface area (TPSA) is 114 Å². The molecule has 10 nitrogen and oxygen atoms in total. The number of rotatable bonds is 14. The highest BCUT2D eigenvalue weighted by Crippen LogP contribution is 2.32. The number of hydrogen-bond donors (Lipinski definition) is 1. The monoisotopic (exact) mass is 535 g/mol. The fourth-order valence-corrected chi connectivity index (χ4v) is 4.69. The van der Waals surface area contributed by atoms with E-state index < -0.39 is 28.5 Å². The Labute approximate surface area is 219 Å². The van der Waals surface area contributed by atoms with E-state index in [-0.39, 0.29) is 18.1 Å². The van der Waals surface area contributed by atoms with Gasteiger partial charge < -0.3 is 24.4 Å². The summed E-state index contributed by atoms with van der Waals surface area (Å²) in [4.78, 5) is 28.2. The Balaban J connectivity index is 2.48. The van der Waals surface area contributed by atoms with E-state index in [2.05, 4.69) is 5.32 Å². The number of nitrogens with one attached hydrogen (secondary N) is 1. The maximum atomic E-state index is 13.7. The van der Waals surface area contributed by atoms with Crippen molar-refractivity contribution in [1.82, 2.24) is 10.2 Å². The van der Waals surface area contributed by atoms with Gasteiger partial charge in [0.15, 0.2) is 11.5 Å². The second-order valence-electron chi connectivity index (χ2n) is 8.40. The molecule has 0 aliphatic carbocycles. The predicted molar refractivity (Wildman–Crippen MR) is 143 cm³/mol. The lowest BCUT2D eigenvalue weighted by atomic mass is 10.1. The van der Waals surface area contributed by atoms with Crippen LogP contribution in [0.1, 0.15) is 32.3 Å². The molecule has 0 spiro atoms. The first-order valence-corrected chi connectivity index (χ1v) is 13.8. The number of anilines is 1. The van der Waals surface area contributed by atoms with Gasteiger partial charge in [-0.2, -0.15) is 0 Å². The van der Waals surface area contributed by atoms with Crippen LogP contribution in [0.4, 0.5) is 5.69 Å². The summed E-state index contributed by atoms with van der Waals surface area (Å²) in [7, 11) is 0.582. The van der Waals surface area contributed by atoms with Crippen molar-refractivity contribution >= 4 is 27.5 Å². The van der Waals surface area contributed by atoms with Gasteiger partial charge in [-0.25, -0.2) is 8.42 Å². The van der Waals surface area contributed by atoms with Gasteiger partial charge in [0, 0.05) is 19.2 Å². The average Bonchev–Trinajstić information content (AvgIpc) is 2.89. The van der Waals surface area contributed by atoms with Crippen molar-refractivity contribution in [1.29, 1.82) is 0 Å². The number of benzene rings is 2. The summed E-state index contributed by atoms with van der Waals surface area (Å²) in [5.41, 5.74) is 0.977. The Kier molecular flexibility index (Phi) is 11.0. The fourth-order valence-electron chi connectivity index (χ4n) is 3.85.